The van der Waals surface area contributed by atoms with Crippen molar-refractivity contribution in [2.45, 2.75) is 25.8 Å². The average molecular weight is 347 g/mol. The van der Waals surface area contributed by atoms with Crippen molar-refractivity contribution in [3.63, 3.8) is 0 Å². The summed E-state index contributed by atoms with van der Waals surface area (Å²) < 4.78 is 14.8. The van der Waals surface area contributed by atoms with Crippen LogP contribution in [0.25, 0.3) is 4.96 Å². The Morgan fingerprint density at radius 2 is 2.00 bits per heavy atom. The van der Waals surface area contributed by atoms with E-state index in [2.05, 4.69) is 17.0 Å². The number of piperidine rings is 1. The molecule has 0 spiro atoms. The molecule has 3 heterocycles. The van der Waals surface area contributed by atoms with Crippen molar-refractivity contribution >= 4 is 16.3 Å². The lowest BCUT2D eigenvalue weighted by Crippen LogP contribution is -3.13. The van der Waals surface area contributed by atoms with Crippen LogP contribution in [0.15, 0.2) is 30.6 Å². The number of nitrogens with zero attached hydrogens (tertiary/aromatic N) is 3. The van der Waals surface area contributed by atoms with Crippen molar-refractivity contribution in [1.29, 1.82) is 0 Å². The lowest BCUT2D eigenvalue weighted by molar-refractivity contribution is -0.931. The topological polar surface area (TPSA) is 54.9 Å². The summed E-state index contributed by atoms with van der Waals surface area (Å²) >= 11 is 1.46. The number of aromatic hydroxyl groups is 1. The second kappa shape index (κ2) is 6.14. The van der Waals surface area contributed by atoms with Gasteiger partial charge in [-0.15, -0.1) is 0 Å². The first-order chi connectivity index (χ1) is 11.6. The van der Waals surface area contributed by atoms with E-state index in [0.29, 0.717) is 4.96 Å². The van der Waals surface area contributed by atoms with E-state index in [0.717, 1.165) is 42.3 Å². The van der Waals surface area contributed by atoms with Gasteiger partial charge in [-0.2, -0.15) is 9.61 Å². The Bertz CT molecular complexity index is 836. The van der Waals surface area contributed by atoms with E-state index in [9.17, 15) is 9.50 Å². The van der Waals surface area contributed by atoms with Gasteiger partial charge in [0.1, 0.15) is 17.0 Å². The van der Waals surface area contributed by atoms with E-state index in [-0.39, 0.29) is 17.7 Å². The molecule has 126 valence electrons. The summed E-state index contributed by atoms with van der Waals surface area (Å²) in [6, 6.07) is 6.59. The van der Waals surface area contributed by atoms with Gasteiger partial charge in [0.25, 0.3) is 0 Å². The summed E-state index contributed by atoms with van der Waals surface area (Å²) in [6.07, 6.45) is 3.76. The van der Waals surface area contributed by atoms with Crippen LogP contribution in [0.5, 0.6) is 5.88 Å². The quantitative estimate of drug-likeness (QED) is 0.762. The van der Waals surface area contributed by atoms with Crippen LogP contribution in [-0.2, 0) is 0 Å². The standard InChI is InChI=1S/C17H19FN4OS/c1-11-6-8-21(9-7-11)14(12-2-4-13(18)5-3-12)15-16(23)22-17(24-15)19-10-20-22/h2-5,10-11,14,23H,6-9H2,1H3/p+1/t14-/m1/s1. The molecule has 2 N–H and O–H groups in total. The summed E-state index contributed by atoms with van der Waals surface area (Å²) in [7, 11) is 0. The number of rotatable bonds is 3. The smallest absolute Gasteiger partial charge is 0.235 e. The third kappa shape index (κ3) is 2.67. The minimum Gasteiger partial charge on any atom is -0.492 e. The molecule has 0 radical (unpaired) electrons. The van der Waals surface area contributed by atoms with Gasteiger partial charge >= 0.3 is 0 Å². The highest BCUT2D eigenvalue weighted by Crippen LogP contribution is 2.35. The number of aromatic nitrogens is 3. The Hall–Kier alpha value is -1.99. The maximum absolute atomic E-state index is 13.4. The van der Waals surface area contributed by atoms with Crippen molar-refractivity contribution in [3.8, 4) is 5.88 Å². The lowest BCUT2D eigenvalue weighted by atomic mass is 9.95. The zero-order valence-electron chi connectivity index (χ0n) is 13.4. The van der Waals surface area contributed by atoms with Gasteiger partial charge in [-0.3, -0.25) is 0 Å². The van der Waals surface area contributed by atoms with E-state index in [1.54, 1.807) is 0 Å². The van der Waals surface area contributed by atoms with Crippen LogP contribution in [-0.4, -0.2) is 32.8 Å². The number of benzene rings is 1. The van der Waals surface area contributed by atoms with Crippen LogP contribution < -0.4 is 4.90 Å². The van der Waals surface area contributed by atoms with E-state index >= 15 is 0 Å². The molecule has 0 saturated carbocycles. The van der Waals surface area contributed by atoms with E-state index in [4.69, 9.17) is 0 Å². The van der Waals surface area contributed by atoms with E-state index in [1.165, 1.54) is 39.2 Å². The molecular weight excluding hydrogens is 327 g/mol. The highest BCUT2D eigenvalue weighted by atomic mass is 32.1. The van der Waals surface area contributed by atoms with Gasteiger partial charge in [0.15, 0.2) is 6.04 Å². The summed E-state index contributed by atoms with van der Waals surface area (Å²) in [4.78, 5) is 7.12. The second-order valence-electron chi connectivity index (χ2n) is 6.57. The summed E-state index contributed by atoms with van der Waals surface area (Å²) in [6.45, 7) is 4.36. The molecule has 1 saturated heterocycles. The Morgan fingerprint density at radius 3 is 2.67 bits per heavy atom. The van der Waals surface area contributed by atoms with E-state index in [1.807, 2.05) is 12.1 Å². The van der Waals surface area contributed by atoms with Crippen molar-refractivity contribution in [1.82, 2.24) is 14.6 Å². The highest BCUT2D eigenvalue weighted by molar-refractivity contribution is 7.17. The van der Waals surface area contributed by atoms with Crippen LogP contribution in [0, 0.1) is 11.7 Å². The van der Waals surface area contributed by atoms with Gasteiger partial charge in [-0.1, -0.05) is 18.3 Å². The van der Waals surface area contributed by atoms with Gasteiger partial charge in [0, 0.05) is 5.56 Å². The van der Waals surface area contributed by atoms with Gasteiger partial charge in [-0.05, 0) is 43.0 Å². The van der Waals surface area contributed by atoms with Gasteiger partial charge < -0.3 is 10.0 Å². The fourth-order valence-electron chi connectivity index (χ4n) is 3.53. The van der Waals surface area contributed by atoms with E-state index < -0.39 is 0 Å². The molecule has 4 rings (SSSR count). The van der Waals surface area contributed by atoms with Crippen LogP contribution in [0.4, 0.5) is 4.39 Å². The molecule has 1 aromatic carbocycles. The fraction of sp³-hybridized carbons (Fsp3) is 0.412. The third-order valence-corrected chi connectivity index (χ3v) is 6.03. The second-order valence-corrected chi connectivity index (χ2v) is 7.58. The van der Waals surface area contributed by atoms with Crippen molar-refractivity contribution in [2.24, 2.45) is 5.92 Å². The van der Waals surface area contributed by atoms with Gasteiger partial charge in [0.05, 0.1) is 13.1 Å². The van der Waals surface area contributed by atoms with Crippen LogP contribution in [0.3, 0.4) is 0 Å². The molecular formula is C17H20FN4OS+. The number of likely N-dealkylation sites (tertiary alicyclic amines) is 1. The SMILES string of the molecule is CC1CC[NH+]([C@H](c2ccc(F)cc2)c2sc3ncnn3c2O)CC1. The van der Waals surface area contributed by atoms with Crippen molar-refractivity contribution in [2.75, 3.05) is 13.1 Å². The molecule has 1 aliphatic heterocycles. The minimum atomic E-state index is -0.244. The molecule has 0 unspecified atom stereocenters. The number of fused-ring (bicyclic) bond motifs is 1. The zero-order valence-corrected chi connectivity index (χ0v) is 14.3. The zero-order chi connectivity index (χ0) is 16.7. The Kier molecular flexibility index (Phi) is 3.97. The number of hydrogen-bond donors (Lipinski definition) is 2. The normalized spacial score (nSPS) is 22.8. The molecule has 7 heteroatoms. The molecule has 5 nitrogen and oxygen atoms in total. The number of thiazole rings is 1. The summed E-state index contributed by atoms with van der Waals surface area (Å²) in [5.74, 6) is 0.637. The molecule has 1 aliphatic rings. The maximum atomic E-state index is 13.4. The minimum absolute atomic E-state index is 0.0217. The fourth-order valence-corrected chi connectivity index (χ4v) is 4.65. The largest absolute Gasteiger partial charge is 0.492 e. The number of hydrogen-bond acceptors (Lipinski definition) is 4. The molecule has 24 heavy (non-hydrogen) atoms. The highest BCUT2D eigenvalue weighted by Gasteiger charge is 2.34. The van der Waals surface area contributed by atoms with Crippen LogP contribution in [0.1, 0.15) is 36.2 Å². The Labute approximate surface area is 143 Å². The molecule has 2 aromatic heterocycles. The van der Waals surface area contributed by atoms with Crippen LogP contribution >= 0.6 is 11.3 Å². The Balaban J connectivity index is 1.78. The maximum Gasteiger partial charge on any atom is 0.235 e. The molecule has 1 fully saturated rings. The van der Waals surface area contributed by atoms with Gasteiger partial charge in [0.2, 0.25) is 10.8 Å². The lowest BCUT2D eigenvalue weighted by Gasteiger charge is -2.33. The first-order valence-corrected chi connectivity index (χ1v) is 9.06. The predicted octanol–water partition coefficient (Wildman–Crippen LogP) is 2.04. The number of halogens is 1. The number of quaternary nitrogens is 1. The molecule has 3 aromatic rings. The van der Waals surface area contributed by atoms with Crippen molar-refractivity contribution in [3.05, 3.63) is 46.9 Å². The summed E-state index contributed by atoms with van der Waals surface area (Å²) in [5.41, 5.74) is 1.01. The molecule has 0 bridgehead atoms. The first kappa shape index (κ1) is 15.5. The first-order valence-electron chi connectivity index (χ1n) is 8.25. The van der Waals surface area contributed by atoms with Crippen LogP contribution in [0.2, 0.25) is 0 Å². The molecule has 1 atom stereocenters. The molecule has 0 aliphatic carbocycles. The number of nitrogens with one attached hydrogen (secondary N) is 1. The predicted molar refractivity (Wildman–Crippen MR) is 89.9 cm³/mol. The van der Waals surface area contributed by atoms with Gasteiger partial charge in [-0.25, -0.2) is 9.37 Å². The average Bonchev–Trinajstić information content (AvgIpc) is 3.15. The third-order valence-electron chi connectivity index (χ3n) is 4.93. The van der Waals surface area contributed by atoms with Crippen molar-refractivity contribution < 1.29 is 14.4 Å². The summed E-state index contributed by atoms with van der Waals surface area (Å²) in [5, 5.41) is 14.7. The Morgan fingerprint density at radius 1 is 1.29 bits per heavy atom. The molecule has 0 amide bonds. The monoisotopic (exact) mass is 347 g/mol.